The minimum absolute atomic E-state index is 0.0418. The second-order valence-corrected chi connectivity index (χ2v) is 10.3. The highest BCUT2D eigenvalue weighted by atomic mass is 32.2. The summed E-state index contributed by atoms with van der Waals surface area (Å²) in [5.74, 6) is -0.333. The van der Waals surface area contributed by atoms with E-state index in [9.17, 15) is 53.7 Å². The maximum Gasteiger partial charge on any atom is 0.487 e. The van der Waals surface area contributed by atoms with E-state index in [4.69, 9.17) is 4.74 Å². The van der Waals surface area contributed by atoms with Gasteiger partial charge in [0.1, 0.15) is 0 Å². The van der Waals surface area contributed by atoms with Crippen molar-refractivity contribution in [1.29, 1.82) is 0 Å². The van der Waals surface area contributed by atoms with Gasteiger partial charge in [-0.1, -0.05) is 34.8 Å². The second-order valence-electron chi connectivity index (χ2n) is 8.93. The van der Waals surface area contributed by atoms with E-state index in [-0.39, 0.29) is 34.6 Å². The number of amides is 1. The van der Waals surface area contributed by atoms with E-state index in [0.717, 1.165) is 5.56 Å². The number of hydroxylamine groups is 1. The molecule has 4 atom stereocenters. The van der Waals surface area contributed by atoms with Gasteiger partial charge in [-0.15, -0.1) is 0 Å². The Labute approximate surface area is 238 Å². The van der Waals surface area contributed by atoms with Crippen LogP contribution in [0.3, 0.4) is 0 Å². The monoisotopic (exact) mass is 639 g/mol. The molecule has 17 heteroatoms. The molecule has 42 heavy (non-hydrogen) atoms. The third kappa shape index (κ3) is 12.2. The zero-order valence-corrected chi connectivity index (χ0v) is 23.3. The standard InChI is InChI=1S/C12H15F3N2O2S.C11H10F6O.C2H5NO/c13-12(14,15)20(19)17(18)10-6-7-11(16-8-10)9-4-2-1-3-5-9;1-6(18-2)7-3-8(10(12,13)14)5-9(4-7)11(15,16)17;1-2(3)4/h1-5,10-11,16,18H,6-8H2;3-6H,1-2H3;1H3,(H2,3,4)/t;6-;/m.1./s1. The number of hydrogen-bond donors (Lipinski definition) is 3. The topological polar surface area (TPSA) is 105 Å². The van der Waals surface area contributed by atoms with E-state index >= 15 is 0 Å². The molecule has 1 saturated heterocycles. The number of nitrogens with one attached hydrogen (secondary N) is 1. The Bertz CT molecular complexity index is 1120. The van der Waals surface area contributed by atoms with Crippen LogP contribution in [0.4, 0.5) is 39.5 Å². The van der Waals surface area contributed by atoms with Crippen molar-refractivity contribution in [3.05, 3.63) is 70.8 Å². The Hall–Kier alpha value is -2.73. The van der Waals surface area contributed by atoms with Crippen LogP contribution in [0.5, 0.6) is 0 Å². The summed E-state index contributed by atoms with van der Waals surface area (Å²) in [6.07, 6.45) is -9.60. The van der Waals surface area contributed by atoms with Gasteiger partial charge in [-0.25, -0.2) is 4.21 Å². The smallest absolute Gasteiger partial charge is 0.377 e. The van der Waals surface area contributed by atoms with Crippen LogP contribution in [0.1, 0.15) is 61.1 Å². The average Bonchev–Trinajstić information content (AvgIpc) is 2.90. The van der Waals surface area contributed by atoms with Crippen molar-refractivity contribution >= 4 is 16.9 Å². The average molecular weight is 640 g/mol. The number of carbonyl (C=O) groups is 1. The summed E-state index contributed by atoms with van der Waals surface area (Å²) in [5.41, 5.74) is -2.26. The molecular weight excluding hydrogens is 609 g/mol. The number of rotatable bonds is 5. The number of alkyl halides is 9. The second kappa shape index (κ2) is 15.7. The van der Waals surface area contributed by atoms with Crippen LogP contribution < -0.4 is 11.1 Å². The van der Waals surface area contributed by atoms with Gasteiger partial charge < -0.3 is 21.0 Å². The lowest BCUT2D eigenvalue weighted by molar-refractivity contribution is -0.143. The minimum atomic E-state index is -4.94. The quantitative estimate of drug-likeness (QED) is 0.264. The summed E-state index contributed by atoms with van der Waals surface area (Å²) in [4.78, 5) is 9.22. The summed E-state index contributed by atoms with van der Waals surface area (Å²) in [7, 11) is -2.18. The van der Waals surface area contributed by atoms with Gasteiger partial charge in [-0.3, -0.25) is 4.79 Å². The molecule has 1 amide bonds. The van der Waals surface area contributed by atoms with Crippen LogP contribution in [0.15, 0.2) is 48.5 Å². The van der Waals surface area contributed by atoms with Crippen LogP contribution >= 0.6 is 0 Å². The molecule has 0 bridgehead atoms. The number of halogens is 9. The Morgan fingerprint density at radius 3 is 1.83 bits per heavy atom. The molecule has 0 aromatic heterocycles. The predicted molar refractivity (Wildman–Crippen MR) is 135 cm³/mol. The summed E-state index contributed by atoms with van der Waals surface area (Å²) < 4.78 is 127. The Morgan fingerprint density at radius 1 is 1.00 bits per heavy atom. The van der Waals surface area contributed by atoms with Crippen molar-refractivity contribution in [2.24, 2.45) is 5.73 Å². The molecule has 1 fully saturated rings. The Kier molecular flexibility index (Phi) is 13.9. The number of methoxy groups -OCH3 is 1. The predicted octanol–water partition coefficient (Wildman–Crippen LogP) is 6.28. The Balaban J connectivity index is 0.000000375. The first-order chi connectivity index (χ1) is 19.2. The number of primary amides is 1. The number of nitrogens with zero attached hydrogens (tertiary/aromatic N) is 1. The highest BCUT2D eigenvalue weighted by Gasteiger charge is 2.44. The number of carbonyl (C=O) groups excluding carboxylic acids is 1. The van der Waals surface area contributed by atoms with Gasteiger partial charge in [0.25, 0.3) is 0 Å². The highest BCUT2D eigenvalue weighted by molar-refractivity contribution is 7.83. The molecule has 1 heterocycles. The first kappa shape index (κ1) is 37.3. The van der Waals surface area contributed by atoms with E-state index in [0.29, 0.717) is 25.0 Å². The fraction of sp³-hybridized carbons (Fsp3) is 0.480. The van der Waals surface area contributed by atoms with Gasteiger partial charge in [0.05, 0.1) is 23.3 Å². The normalized spacial score (nSPS) is 19.1. The molecule has 0 aliphatic carbocycles. The van der Waals surface area contributed by atoms with Gasteiger partial charge in [0.2, 0.25) is 16.9 Å². The first-order valence-corrected chi connectivity index (χ1v) is 13.1. The van der Waals surface area contributed by atoms with E-state index in [2.05, 4.69) is 11.1 Å². The molecule has 3 rings (SSSR count). The van der Waals surface area contributed by atoms with Crippen molar-refractivity contribution in [3.8, 4) is 0 Å². The number of benzene rings is 2. The molecule has 4 N–H and O–H groups in total. The van der Waals surface area contributed by atoms with Gasteiger partial charge in [0, 0.05) is 26.6 Å². The molecule has 0 radical (unpaired) electrons. The maximum absolute atomic E-state index is 12.5. The molecule has 1 aliphatic heterocycles. The minimum Gasteiger partial charge on any atom is -0.377 e. The number of nitrogens with two attached hydrogens (primary N) is 1. The van der Waals surface area contributed by atoms with E-state index < -0.39 is 52.1 Å². The summed E-state index contributed by atoms with van der Waals surface area (Å²) >= 11 is 0. The van der Waals surface area contributed by atoms with Crippen molar-refractivity contribution < 1.29 is 58.5 Å². The highest BCUT2D eigenvalue weighted by Crippen LogP contribution is 2.37. The van der Waals surface area contributed by atoms with Crippen molar-refractivity contribution in [1.82, 2.24) is 9.79 Å². The van der Waals surface area contributed by atoms with Gasteiger partial charge >= 0.3 is 17.9 Å². The number of ether oxygens (including phenoxy) is 1. The van der Waals surface area contributed by atoms with E-state index in [1.54, 1.807) is 0 Å². The van der Waals surface area contributed by atoms with Crippen LogP contribution in [-0.4, -0.2) is 45.0 Å². The summed E-state index contributed by atoms with van der Waals surface area (Å²) in [5, 5.41) is 12.5. The third-order valence-electron chi connectivity index (χ3n) is 5.70. The summed E-state index contributed by atoms with van der Waals surface area (Å²) in [6, 6.07) is 10.2. The SMILES string of the molecule is CC(N)=O.CO[C@H](C)c1cc(C(F)(F)F)cc(C(F)(F)F)c1.O=S(N(O)C1CCC(c2ccccc2)NC1)C(F)(F)F. The molecular formula is C25H30F9N3O4S. The van der Waals surface area contributed by atoms with E-state index in [1.165, 1.54) is 21.0 Å². The summed E-state index contributed by atoms with van der Waals surface area (Å²) in [6.45, 7) is 2.83. The fourth-order valence-corrected chi connectivity index (χ4v) is 4.25. The van der Waals surface area contributed by atoms with Crippen molar-refractivity contribution in [3.63, 3.8) is 0 Å². The fourth-order valence-electron chi connectivity index (χ4n) is 3.59. The molecule has 0 saturated carbocycles. The third-order valence-corrected chi connectivity index (χ3v) is 6.74. The maximum atomic E-state index is 12.5. The lowest BCUT2D eigenvalue weighted by atomic mass is 9.95. The lowest BCUT2D eigenvalue weighted by Gasteiger charge is -2.33. The van der Waals surface area contributed by atoms with Crippen LogP contribution in [0.25, 0.3) is 0 Å². The van der Waals surface area contributed by atoms with Crippen LogP contribution in [0.2, 0.25) is 0 Å². The molecule has 0 spiro atoms. The number of piperidine rings is 1. The van der Waals surface area contributed by atoms with Crippen LogP contribution in [0, 0.1) is 0 Å². The van der Waals surface area contributed by atoms with E-state index in [1.807, 2.05) is 30.3 Å². The molecule has 1 aliphatic rings. The number of hydrogen-bond acceptors (Lipinski definition) is 5. The zero-order chi connectivity index (χ0) is 32.5. The molecule has 238 valence electrons. The van der Waals surface area contributed by atoms with Crippen LogP contribution in [-0.2, 0) is 32.9 Å². The van der Waals surface area contributed by atoms with Crippen molar-refractivity contribution in [2.75, 3.05) is 13.7 Å². The Morgan fingerprint density at radius 2 is 1.48 bits per heavy atom. The zero-order valence-electron chi connectivity index (χ0n) is 22.5. The van der Waals surface area contributed by atoms with Gasteiger partial charge in [-0.05, 0) is 49.1 Å². The molecule has 2 aromatic carbocycles. The van der Waals surface area contributed by atoms with Gasteiger partial charge in [-0.2, -0.15) is 39.5 Å². The molecule has 2 aromatic rings. The first-order valence-electron chi connectivity index (χ1n) is 12.0. The lowest BCUT2D eigenvalue weighted by Crippen LogP contribution is -2.48. The largest absolute Gasteiger partial charge is 0.487 e. The van der Waals surface area contributed by atoms with Crippen molar-refractivity contribution in [2.45, 2.75) is 62.7 Å². The molecule has 3 unspecified atom stereocenters. The van der Waals surface area contributed by atoms with Gasteiger partial charge in [0.15, 0.2) is 0 Å². The molecule has 7 nitrogen and oxygen atoms in total.